The van der Waals surface area contributed by atoms with Crippen LogP contribution in [0.4, 0.5) is 10.1 Å². The van der Waals surface area contributed by atoms with E-state index in [1.165, 1.54) is 6.20 Å². The molecule has 0 fully saturated rings. The van der Waals surface area contributed by atoms with Gasteiger partial charge in [-0.25, -0.2) is 4.39 Å². The predicted octanol–water partition coefficient (Wildman–Crippen LogP) is 4.19. The average Bonchev–Trinajstić information content (AvgIpc) is 2.50. The number of anilines is 1. The van der Waals surface area contributed by atoms with Gasteiger partial charge >= 0.3 is 0 Å². The summed E-state index contributed by atoms with van der Waals surface area (Å²) in [5, 5.41) is 4.21. The van der Waals surface area contributed by atoms with Crippen molar-refractivity contribution in [3.05, 3.63) is 64.8 Å². The highest BCUT2D eigenvalue weighted by Gasteiger charge is 2.06. The van der Waals surface area contributed by atoms with Gasteiger partial charge in [0.25, 0.3) is 0 Å². The Morgan fingerprint density at radius 2 is 2.00 bits per heavy atom. The van der Waals surface area contributed by atoms with Gasteiger partial charge in [0.2, 0.25) is 0 Å². The summed E-state index contributed by atoms with van der Waals surface area (Å²) < 4.78 is 14.2. The van der Waals surface area contributed by atoms with Gasteiger partial charge in [0.15, 0.2) is 5.82 Å². The Kier molecular flexibility index (Phi) is 4.10. The first-order chi connectivity index (χ1) is 10.2. The Balaban J connectivity index is 1.69. The number of aromatic nitrogens is 2. The average molecular weight is 346 g/mol. The highest BCUT2D eigenvalue weighted by atomic mass is 79.9. The van der Waals surface area contributed by atoms with Crippen LogP contribution < -0.4 is 5.32 Å². The van der Waals surface area contributed by atoms with Crippen LogP contribution in [0.5, 0.6) is 0 Å². The highest BCUT2D eigenvalue weighted by Crippen LogP contribution is 2.23. The Bertz CT molecular complexity index is 756. The molecule has 0 aliphatic carbocycles. The van der Waals surface area contributed by atoms with E-state index < -0.39 is 0 Å². The molecule has 0 unspecified atom stereocenters. The van der Waals surface area contributed by atoms with Crippen molar-refractivity contribution in [3.63, 3.8) is 0 Å². The third kappa shape index (κ3) is 3.19. The molecule has 2 heterocycles. The number of fused-ring (bicyclic) bond motifs is 1. The smallest absolute Gasteiger partial charge is 0.165 e. The number of nitrogens with zero attached hydrogens (tertiary/aromatic N) is 2. The molecule has 0 saturated heterocycles. The molecule has 0 saturated carbocycles. The summed E-state index contributed by atoms with van der Waals surface area (Å²) in [4.78, 5) is 8.19. The van der Waals surface area contributed by atoms with Gasteiger partial charge in [0, 0.05) is 24.3 Å². The van der Waals surface area contributed by atoms with Crippen molar-refractivity contribution in [3.8, 4) is 0 Å². The number of halogens is 2. The minimum atomic E-state index is -0.360. The number of para-hydroxylation sites is 1. The van der Waals surface area contributed by atoms with Crippen LogP contribution in [0.3, 0.4) is 0 Å². The number of pyridine rings is 2. The Labute approximate surface area is 130 Å². The lowest BCUT2D eigenvalue weighted by atomic mass is 10.1. The number of hydrogen-bond donors (Lipinski definition) is 1. The second kappa shape index (κ2) is 6.18. The van der Waals surface area contributed by atoms with Crippen LogP contribution >= 0.6 is 15.9 Å². The number of rotatable bonds is 4. The maximum atomic E-state index is 13.6. The van der Waals surface area contributed by atoms with Crippen LogP contribution in [0.1, 0.15) is 5.56 Å². The molecular weight excluding hydrogens is 333 g/mol. The molecule has 0 bridgehead atoms. The first-order valence-electron chi connectivity index (χ1n) is 6.60. The van der Waals surface area contributed by atoms with Crippen LogP contribution in [-0.4, -0.2) is 16.5 Å². The van der Waals surface area contributed by atoms with Gasteiger partial charge in [-0.3, -0.25) is 9.97 Å². The lowest BCUT2D eigenvalue weighted by molar-refractivity contribution is 0.623. The molecule has 0 atom stereocenters. The fourth-order valence-electron chi connectivity index (χ4n) is 2.17. The maximum Gasteiger partial charge on any atom is 0.165 e. The van der Waals surface area contributed by atoms with E-state index in [9.17, 15) is 4.39 Å². The first kappa shape index (κ1) is 13.9. The molecule has 3 aromatic rings. The third-order valence-corrected chi connectivity index (χ3v) is 3.82. The SMILES string of the molecule is Fc1cncc(Br)c1NCCc1cnc2ccccc2c1. The maximum absolute atomic E-state index is 13.6. The standard InChI is InChI=1S/C16H13BrFN3/c17-13-9-19-10-14(18)16(13)20-6-5-11-7-12-3-1-2-4-15(12)21-8-11/h1-4,7-10H,5-6H2,(H,19,20). The molecule has 3 rings (SSSR count). The number of hydrogen-bond acceptors (Lipinski definition) is 3. The quantitative estimate of drug-likeness (QED) is 0.770. The highest BCUT2D eigenvalue weighted by molar-refractivity contribution is 9.10. The Hall–Kier alpha value is -2.01. The van der Waals surface area contributed by atoms with Gasteiger partial charge < -0.3 is 5.32 Å². The largest absolute Gasteiger partial charge is 0.381 e. The van der Waals surface area contributed by atoms with Crippen molar-refractivity contribution in [2.24, 2.45) is 0 Å². The molecular formula is C16H13BrFN3. The summed E-state index contributed by atoms with van der Waals surface area (Å²) >= 11 is 3.29. The molecule has 106 valence electrons. The number of benzene rings is 1. The van der Waals surface area contributed by atoms with E-state index in [1.54, 1.807) is 6.20 Å². The fraction of sp³-hybridized carbons (Fsp3) is 0.125. The number of nitrogens with one attached hydrogen (secondary N) is 1. The van der Waals surface area contributed by atoms with E-state index in [0.29, 0.717) is 16.7 Å². The van der Waals surface area contributed by atoms with Crippen LogP contribution in [0.2, 0.25) is 0 Å². The van der Waals surface area contributed by atoms with Gasteiger partial charge in [-0.15, -0.1) is 0 Å². The zero-order valence-electron chi connectivity index (χ0n) is 11.2. The van der Waals surface area contributed by atoms with Gasteiger partial charge in [-0.2, -0.15) is 0 Å². The van der Waals surface area contributed by atoms with Crippen LogP contribution in [0.25, 0.3) is 10.9 Å². The van der Waals surface area contributed by atoms with Crippen molar-refractivity contribution in [1.82, 2.24) is 9.97 Å². The van der Waals surface area contributed by atoms with Gasteiger partial charge in [0.05, 0.1) is 21.9 Å². The van der Waals surface area contributed by atoms with Gasteiger partial charge in [-0.1, -0.05) is 18.2 Å². The molecule has 0 spiro atoms. The lowest BCUT2D eigenvalue weighted by Crippen LogP contribution is -2.07. The third-order valence-electron chi connectivity index (χ3n) is 3.22. The molecule has 0 radical (unpaired) electrons. The van der Waals surface area contributed by atoms with E-state index in [-0.39, 0.29) is 5.82 Å². The molecule has 5 heteroatoms. The second-order valence-corrected chi connectivity index (χ2v) is 5.55. The van der Waals surface area contributed by atoms with E-state index in [4.69, 9.17) is 0 Å². The van der Waals surface area contributed by atoms with Gasteiger partial charge in [-0.05, 0) is 40.0 Å². The Morgan fingerprint density at radius 1 is 1.14 bits per heavy atom. The molecule has 21 heavy (non-hydrogen) atoms. The van der Waals surface area contributed by atoms with Crippen molar-refractivity contribution in [2.45, 2.75) is 6.42 Å². The topological polar surface area (TPSA) is 37.8 Å². The second-order valence-electron chi connectivity index (χ2n) is 4.69. The van der Waals surface area contributed by atoms with Crippen LogP contribution in [-0.2, 0) is 6.42 Å². The molecule has 0 amide bonds. The summed E-state index contributed by atoms with van der Waals surface area (Å²) in [6, 6.07) is 10.1. The summed E-state index contributed by atoms with van der Waals surface area (Å²) in [6.45, 7) is 0.625. The lowest BCUT2D eigenvalue weighted by Gasteiger charge is -2.09. The minimum Gasteiger partial charge on any atom is -0.381 e. The Morgan fingerprint density at radius 3 is 2.86 bits per heavy atom. The van der Waals surface area contributed by atoms with E-state index in [2.05, 4.69) is 37.3 Å². The van der Waals surface area contributed by atoms with Crippen LogP contribution in [0.15, 0.2) is 53.4 Å². The monoisotopic (exact) mass is 345 g/mol. The molecule has 2 aromatic heterocycles. The van der Waals surface area contributed by atoms with Crippen molar-refractivity contribution in [2.75, 3.05) is 11.9 Å². The molecule has 0 aliphatic heterocycles. The summed E-state index contributed by atoms with van der Waals surface area (Å²) in [7, 11) is 0. The van der Waals surface area contributed by atoms with E-state index >= 15 is 0 Å². The minimum absolute atomic E-state index is 0.360. The fourth-order valence-corrected chi connectivity index (χ4v) is 2.61. The van der Waals surface area contributed by atoms with Crippen molar-refractivity contribution in [1.29, 1.82) is 0 Å². The van der Waals surface area contributed by atoms with E-state index in [0.717, 1.165) is 22.9 Å². The summed E-state index contributed by atoms with van der Waals surface area (Å²) in [5.74, 6) is -0.360. The zero-order valence-corrected chi connectivity index (χ0v) is 12.8. The first-order valence-corrected chi connectivity index (χ1v) is 7.40. The molecule has 3 nitrogen and oxygen atoms in total. The predicted molar refractivity (Wildman–Crippen MR) is 85.8 cm³/mol. The zero-order chi connectivity index (χ0) is 14.7. The molecule has 1 N–H and O–H groups in total. The van der Waals surface area contributed by atoms with Gasteiger partial charge in [0.1, 0.15) is 0 Å². The van der Waals surface area contributed by atoms with E-state index in [1.807, 2.05) is 30.5 Å². The van der Waals surface area contributed by atoms with Crippen molar-refractivity contribution < 1.29 is 4.39 Å². The molecule has 1 aromatic carbocycles. The summed E-state index contributed by atoms with van der Waals surface area (Å²) in [5.41, 5.74) is 2.54. The van der Waals surface area contributed by atoms with Crippen LogP contribution in [0, 0.1) is 5.82 Å². The van der Waals surface area contributed by atoms with Crippen molar-refractivity contribution >= 4 is 32.5 Å². The molecule has 0 aliphatic rings. The normalized spacial score (nSPS) is 10.8. The summed E-state index contributed by atoms with van der Waals surface area (Å²) in [6.07, 6.45) is 5.40.